The summed E-state index contributed by atoms with van der Waals surface area (Å²) >= 11 is 3.14. The molecule has 0 aliphatic heterocycles. The van der Waals surface area contributed by atoms with E-state index in [1.165, 1.54) is 30.3 Å². The molecule has 20 heavy (non-hydrogen) atoms. The Hall–Kier alpha value is -1.60. The maximum atomic E-state index is 13.7. The highest BCUT2D eigenvalue weighted by molar-refractivity contribution is 9.10. The topological polar surface area (TPSA) is 72.2 Å². The molecule has 0 atom stereocenters. The highest BCUT2D eigenvalue weighted by Crippen LogP contribution is 2.28. The third kappa shape index (κ3) is 2.94. The van der Waals surface area contributed by atoms with Gasteiger partial charge in [0, 0.05) is 10.2 Å². The fraction of sp³-hybridized carbons (Fsp3) is 0.0769. The van der Waals surface area contributed by atoms with Gasteiger partial charge < -0.3 is 5.73 Å². The molecule has 0 spiro atoms. The lowest BCUT2D eigenvalue weighted by molar-refractivity contribution is 0.598. The lowest BCUT2D eigenvalue weighted by atomic mass is 10.2. The normalized spacial score (nSPS) is 11.3. The van der Waals surface area contributed by atoms with Crippen LogP contribution in [0.1, 0.15) is 5.56 Å². The zero-order valence-electron chi connectivity index (χ0n) is 10.5. The summed E-state index contributed by atoms with van der Waals surface area (Å²) in [5.41, 5.74) is 6.44. The Morgan fingerprint density at radius 3 is 2.55 bits per heavy atom. The minimum absolute atomic E-state index is 0.00523. The van der Waals surface area contributed by atoms with Crippen molar-refractivity contribution in [3.63, 3.8) is 0 Å². The van der Waals surface area contributed by atoms with Crippen LogP contribution in [0.15, 0.2) is 45.8 Å². The summed E-state index contributed by atoms with van der Waals surface area (Å²) in [6, 6.07) is 8.64. The zero-order valence-corrected chi connectivity index (χ0v) is 12.9. The summed E-state index contributed by atoms with van der Waals surface area (Å²) in [4.78, 5) is -0.00523. The number of nitrogens with two attached hydrogens (primary N) is 1. The zero-order chi connectivity index (χ0) is 14.9. The van der Waals surface area contributed by atoms with E-state index < -0.39 is 15.8 Å². The SMILES string of the molecule is Cc1cccc(F)c1NS(=O)(=O)c1ccc(N)cc1Br. The van der Waals surface area contributed by atoms with E-state index in [1.807, 2.05) is 0 Å². The van der Waals surface area contributed by atoms with Gasteiger partial charge in [-0.1, -0.05) is 12.1 Å². The summed E-state index contributed by atoms with van der Waals surface area (Å²) in [5, 5.41) is 0. The monoisotopic (exact) mass is 358 g/mol. The van der Waals surface area contributed by atoms with Gasteiger partial charge in [-0.3, -0.25) is 4.72 Å². The van der Waals surface area contributed by atoms with Crippen LogP contribution < -0.4 is 10.5 Å². The van der Waals surface area contributed by atoms with Crippen molar-refractivity contribution in [3.8, 4) is 0 Å². The van der Waals surface area contributed by atoms with E-state index >= 15 is 0 Å². The number of para-hydroxylation sites is 1. The maximum Gasteiger partial charge on any atom is 0.263 e. The summed E-state index contributed by atoms with van der Waals surface area (Å²) in [6.07, 6.45) is 0. The first-order valence-electron chi connectivity index (χ1n) is 5.64. The van der Waals surface area contributed by atoms with Gasteiger partial charge in [-0.05, 0) is 52.7 Å². The molecular weight excluding hydrogens is 347 g/mol. The quantitative estimate of drug-likeness (QED) is 0.827. The Morgan fingerprint density at radius 1 is 1.25 bits per heavy atom. The first-order chi connectivity index (χ1) is 9.31. The predicted octanol–water partition coefficient (Wildman–Crippen LogP) is 3.28. The lowest BCUT2D eigenvalue weighted by Crippen LogP contribution is -2.15. The number of hydrogen-bond donors (Lipinski definition) is 2. The molecule has 7 heteroatoms. The van der Waals surface area contributed by atoms with Gasteiger partial charge in [-0.15, -0.1) is 0 Å². The van der Waals surface area contributed by atoms with Crippen molar-refractivity contribution >= 4 is 37.3 Å². The molecule has 0 aliphatic carbocycles. The Bertz CT molecular complexity index is 743. The number of halogens is 2. The minimum Gasteiger partial charge on any atom is -0.399 e. The number of nitrogen functional groups attached to an aromatic ring is 1. The van der Waals surface area contributed by atoms with Gasteiger partial charge in [0.15, 0.2) is 0 Å². The van der Waals surface area contributed by atoms with Gasteiger partial charge in [0.1, 0.15) is 10.7 Å². The summed E-state index contributed by atoms with van der Waals surface area (Å²) in [5.74, 6) is -0.625. The summed E-state index contributed by atoms with van der Waals surface area (Å²) in [6.45, 7) is 1.62. The summed E-state index contributed by atoms with van der Waals surface area (Å²) < 4.78 is 40.9. The number of hydrogen-bond acceptors (Lipinski definition) is 3. The third-order valence-corrected chi connectivity index (χ3v) is 5.03. The fourth-order valence-electron chi connectivity index (χ4n) is 1.69. The average Bonchev–Trinajstić information content (AvgIpc) is 2.33. The standard InChI is InChI=1S/C13H12BrFN2O2S/c1-8-3-2-4-11(15)13(8)17-20(18,19)12-6-5-9(16)7-10(12)14/h2-7,17H,16H2,1H3. The first-order valence-corrected chi connectivity index (χ1v) is 7.92. The van der Waals surface area contributed by atoms with E-state index in [1.54, 1.807) is 13.0 Å². The number of rotatable bonds is 3. The van der Waals surface area contributed by atoms with Crippen LogP contribution in [0, 0.1) is 12.7 Å². The highest BCUT2D eigenvalue weighted by Gasteiger charge is 2.20. The Morgan fingerprint density at radius 2 is 1.95 bits per heavy atom. The molecular formula is C13H12BrFN2O2S. The molecule has 0 aliphatic rings. The van der Waals surface area contributed by atoms with Crippen molar-refractivity contribution in [1.29, 1.82) is 0 Å². The van der Waals surface area contributed by atoms with Crippen molar-refractivity contribution in [1.82, 2.24) is 0 Å². The molecule has 0 saturated heterocycles. The maximum absolute atomic E-state index is 13.7. The Balaban J connectivity index is 2.46. The summed E-state index contributed by atoms with van der Waals surface area (Å²) in [7, 11) is -3.90. The van der Waals surface area contributed by atoms with Crippen molar-refractivity contribution in [2.24, 2.45) is 0 Å². The van der Waals surface area contributed by atoms with Crippen LogP contribution >= 0.6 is 15.9 Å². The van der Waals surface area contributed by atoms with Gasteiger partial charge in [0.2, 0.25) is 0 Å². The predicted molar refractivity (Wildman–Crippen MR) is 80.5 cm³/mol. The van der Waals surface area contributed by atoms with E-state index in [2.05, 4.69) is 20.7 Å². The van der Waals surface area contributed by atoms with Gasteiger partial charge in [0.25, 0.3) is 10.0 Å². The fourth-order valence-corrected chi connectivity index (χ4v) is 3.92. The Labute approximate surface area is 125 Å². The molecule has 2 aromatic carbocycles. The molecule has 0 amide bonds. The van der Waals surface area contributed by atoms with Crippen LogP contribution in [-0.4, -0.2) is 8.42 Å². The van der Waals surface area contributed by atoms with E-state index in [0.717, 1.165) is 0 Å². The number of benzene rings is 2. The van der Waals surface area contributed by atoms with E-state index in [4.69, 9.17) is 5.73 Å². The molecule has 0 aromatic heterocycles. The molecule has 0 unspecified atom stereocenters. The molecule has 2 aromatic rings. The van der Waals surface area contributed by atoms with E-state index in [0.29, 0.717) is 15.7 Å². The molecule has 106 valence electrons. The van der Waals surface area contributed by atoms with Crippen LogP contribution in [0.5, 0.6) is 0 Å². The van der Waals surface area contributed by atoms with Crippen LogP contribution in [-0.2, 0) is 10.0 Å². The van der Waals surface area contributed by atoms with Crippen molar-refractivity contribution < 1.29 is 12.8 Å². The van der Waals surface area contributed by atoms with E-state index in [-0.39, 0.29) is 10.6 Å². The number of anilines is 2. The molecule has 0 saturated carbocycles. The van der Waals surface area contributed by atoms with Crippen molar-refractivity contribution in [2.45, 2.75) is 11.8 Å². The molecule has 3 N–H and O–H groups in total. The molecule has 2 rings (SSSR count). The average molecular weight is 359 g/mol. The van der Waals surface area contributed by atoms with Crippen LogP contribution in [0.4, 0.5) is 15.8 Å². The van der Waals surface area contributed by atoms with Gasteiger partial charge in [-0.2, -0.15) is 0 Å². The first kappa shape index (κ1) is 14.8. The van der Waals surface area contributed by atoms with Crippen LogP contribution in [0.3, 0.4) is 0 Å². The molecule has 4 nitrogen and oxygen atoms in total. The number of sulfonamides is 1. The van der Waals surface area contributed by atoms with Gasteiger partial charge in [-0.25, -0.2) is 12.8 Å². The van der Waals surface area contributed by atoms with E-state index in [9.17, 15) is 12.8 Å². The highest BCUT2D eigenvalue weighted by atomic mass is 79.9. The van der Waals surface area contributed by atoms with Crippen LogP contribution in [0.25, 0.3) is 0 Å². The second-order valence-electron chi connectivity index (χ2n) is 4.23. The Kier molecular flexibility index (Phi) is 4.01. The second-order valence-corrected chi connectivity index (χ2v) is 6.73. The number of nitrogens with one attached hydrogen (secondary N) is 1. The molecule has 0 heterocycles. The molecule has 0 bridgehead atoms. The lowest BCUT2D eigenvalue weighted by Gasteiger charge is -2.12. The van der Waals surface area contributed by atoms with Crippen LogP contribution in [0.2, 0.25) is 0 Å². The van der Waals surface area contributed by atoms with Crippen molar-refractivity contribution in [2.75, 3.05) is 10.5 Å². The van der Waals surface area contributed by atoms with Gasteiger partial charge in [0.05, 0.1) is 5.69 Å². The molecule has 0 radical (unpaired) electrons. The minimum atomic E-state index is -3.90. The smallest absolute Gasteiger partial charge is 0.263 e. The largest absolute Gasteiger partial charge is 0.399 e. The van der Waals surface area contributed by atoms with Crippen molar-refractivity contribution in [3.05, 3.63) is 52.3 Å². The molecule has 0 fully saturated rings. The van der Waals surface area contributed by atoms with Gasteiger partial charge >= 0.3 is 0 Å². The second kappa shape index (κ2) is 5.41. The third-order valence-electron chi connectivity index (χ3n) is 2.70. The number of aryl methyl sites for hydroxylation is 1.